The maximum absolute atomic E-state index is 12.1. The number of aliphatic carboxylic acids is 1. The number of carboxylic acid groups (broad SMARTS) is 1. The third-order valence-corrected chi connectivity index (χ3v) is 3.75. The number of carbonyl (C=O) groups excluding carboxylic acids is 1. The zero-order valence-electron chi connectivity index (χ0n) is 11.2. The summed E-state index contributed by atoms with van der Waals surface area (Å²) in [6.07, 6.45) is 2.25. The molecule has 1 aliphatic carbocycles. The Labute approximate surface area is 117 Å². The van der Waals surface area contributed by atoms with Gasteiger partial charge in [0.05, 0.1) is 0 Å². The molecular weight excluding hydrogens is 258 g/mol. The predicted octanol–water partition coefficient (Wildman–Crippen LogP) is 0.743. The van der Waals surface area contributed by atoms with Crippen molar-refractivity contribution in [2.75, 3.05) is 6.61 Å². The van der Waals surface area contributed by atoms with Crippen molar-refractivity contribution in [2.45, 2.75) is 31.7 Å². The standard InChI is InChI=1S/C15H19NO4/c17-8-7-13(15(19)20)16-14(18)12-6-5-10-3-1-2-4-11(10)9-12/h1-4,12-13,17H,5-9H2,(H,16,18)(H,19,20)/t12?,13-/m0/s1. The van der Waals surface area contributed by atoms with Gasteiger partial charge in [0.15, 0.2) is 0 Å². The van der Waals surface area contributed by atoms with Gasteiger partial charge in [-0.1, -0.05) is 24.3 Å². The number of carbonyl (C=O) groups is 2. The zero-order valence-corrected chi connectivity index (χ0v) is 11.2. The van der Waals surface area contributed by atoms with E-state index < -0.39 is 12.0 Å². The minimum absolute atomic E-state index is 0.0321. The molecule has 20 heavy (non-hydrogen) atoms. The summed E-state index contributed by atoms with van der Waals surface area (Å²) in [7, 11) is 0. The van der Waals surface area contributed by atoms with Crippen LogP contribution in [0.25, 0.3) is 0 Å². The Morgan fingerprint density at radius 3 is 2.65 bits per heavy atom. The van der Waals surface area contributed by atoms with Crippen LogP contribution in [0.3, 0.4) is 0 Å². The van der Waals surface area contributed by atoms with Crippen molar-refractivity contribution >= 4 is 11.9 Å². The van der Waals surface area contributed by atoms with E-state index in [9.17, 15) is 9.59 Å². The number of hydrogen-bond donors (Lipinski definition) is 3. The first kappa shape index (κ1) is 14.5. The van der Waals surface area contributed by atoms with Crippen LogP contribution in [0, 0.1) is 5.92 Å². The molecule has 0 aromatic heterocycles. The van der Waals surface area contributed by atoms with Crippen LogP contribution >= 0.6 is 0 Å². The van der Waals surface area contributed by atoms with Gasteiger partial charge in [0.25, 0.3) is 0 Å². The molecule has 0 heterocycles. The van der Waals surface area contributed by atoms with E-state index in [0.717, 1.165) is 18.4 Å². The Bertz CT molecular complexity index is 500. The second kappa shape index (κ2) is 6.52. The molecule has 1 unspecified atom stereocenters. The molecule has 2 rings (SSSR count). The Morgan fingerprint density at radius 1 is 1.30 bits per heavy atom. The van der Waals surface area contributed by atoms with Crippen LogP contribution < -0.4 is 5.32 Å². The summed E-state index contributed by atoms with van der Waals surface area (Å²) in [6.45, 7) is -0.259. The summed E-state index contributed by atoms with van der Waals surface area (Å²) in [5.41, 5.74) is 2.43. The van der Waals surface area contributed by atoms with E-state index in [-0.39, 0.29) is 24.9 Å². The van der Waals surface area contributed by atoms with Crippen molar-refractivity contribution in [2.24, 2.45) is 5.92 Å². The molecule has 2 atom stereocenters. The molecule has 0 aliphatic heterocycles. The summed E-state index contributed by atoms with van der Waals surface area (Å²) in [4.78, 5) is 23.1. The van der Waals surface area contributed by atoms with Gasteiger partial charge in [-0.3, -0.25) is 4.79 Å². The van der Waals surface area contributed by atoms with E-state index >= 15 is 0 Å². The third kappa shape index (κ3) is 3.36. The number of nitrogens with one attached hydrogen (secondary N) is 1. The second-order valence-electron chi connectivity index (χ2n) is 5.12. The van der Waals surface area contributed by atoms with Crippen molar-refractivity contribution in [3.8, 4) is 0 Å². The number of fused-ring (bicyclic) bond motifs is 1. The highest BCUT2D eigenvalue weighted by Gasteiger charge is 2.27. The smallest absolute Gasteiger partial charge is 0.326 e. The fraction of sp³-hybridized carbons (Fsp3) is 0.467. The number of aryl methyl sites for hydroxylation is 1. The van der Waals surface area contributed by atoms with Crippen LogP contribution in [-0.2, 0) is 22.4 Å². The lowest BCUT2D eigenvalue weighted by atomic mass is 9.83. The Morgan fingerprint density at radius 2 is 2.00 bits per heavy atom. The van der Waals surface area contributed by atoms with Gasteiger partial charge in [-0.25, -0.2) is 4.79 Å². The first-order chi connectivity index (χ1) is 9.61. The summed E-state index contributed by atoms with van der Waals surface area (Å²) in [6, 6.07) is 7.00. The van der Waals surface area contributed by atoms with E-state index in [0.29, 0.717) is 6.42 Å². The normalized spacial score (nSPS) is 18.9. The average molecular weight is 277 g/mol. The van der Waals surface area contributed by atoms with Gasteiger partial charge in [-0.15, -0.1) is 0 Å². The lowest BCUT2D eigenvalue weighted by Crippen LogP contribution is -2.45. The van der Waals surface area contributed by atoms with Gasteiger partial charge in [0.1, 0.15) is 6.04 Å². The van der Waals surface area contributed by atoms with Crippen molar-refractivity contribution < 1.29 is 19.8 Å². The van der Waals surface area contributed by atoms with E-state index in [1.165, 1.54) is 5.56 Å². The summed E-state index contributed by atoms with van der Waals surface area (Å²) in [5.74, 6) is -1.53. The maximum Gasteiger partial charge on any atom is 0.326 e. The van der Waals surface area contributed by atoms with Gasteiger partial charge in [0.2, 0.25) is 5.91 Å². The van der Waals surface area contributed by atoms with Crippen LogP contribution in [0.2, 0.25) is 0 Å². The number of aliphatic hydroxyl groups excluding tert-OH is 1. The van der Waals surface area contributed by atoms with Crippen LogP contribution in [0.4, 0.5) is 0 Å². The monoisotopic (exact) mass is 277 g/mol. The number of rotatable bonds is 5. The molecule has 5 nitrogen and oxygen atoms in total. The summed E-state index contributed by atoms with van der Waals surface area (Å²) < 4.78 is 0. The van der Waals surface area contributed by atoms with Gasteiger partial charge >= 0.3 is 5.97 Å². The van der Waals surface area contributed by atoms with Crippen LogP contribution in [0.5, 0.6) is 0 Å². The minimum Gasteiger partial charge on any atom is -0.480 e. The van der Waals surface area contributed by atoms with Crippen molar-refractivity contribution in [1.82, 2.24) is 5.32 Å². The van der Waals surface area contributed by atoms with Gasteiger partial charge < -0.3 is 15.5 Å². The van der Waals surface area contributed by atoms with Crippen LogP contribution in [-0.4, -0.2) is 34.7 Å². The number of benzene rings is 1. The minimum atomic E-state index is -1.11. The van der Waals surface area contributed by atoms with Crippen LogP contribution in [0.15, 0.2) is 24.3 Å². The van der Waals surface area contributed by atoms with E-state index in [2.05, 4.69) is 11.4 Å². The highest BCUT2D eigenvalue weighted by atomic mass is 16.4. The summed E-state index contributed by atoms with van der Waals surface area (Å²) in [5, 5.41) is 20.3. The first-order valence-corrected chi connectivity index (χ1v) is 6.82. The molecule has 108 valence electrons. The van der Waals surface area contributed by atoms with Crippen molar-refractivity contribution in [1.29, 1.82) is 0 Å². The highest BCUT2D eigenvalue weighted by molar-refractivity contribution is 5.85. The fourth-order valence-electron chi connectivity index (χ4n) is 2.60. The molecule has 1 aromatic carbocycles. The van der Waals surface area contributed by atoms with E-state index in [1.54, 1.807) is 0 Å². The molecular formula is C15H19NO4. The third-order valence-electron chi connectivity index (χ3n) is 3.75. The molecule has 0 radical (unpaired) electrons. The van der Waals surface area contributed by atoms with Gasteiger partial charge in [0, 0.05) is 18.9 Å². The average Bonchev–Trinajstić information content (AvgIpc) is 2.46. The van der Waals surface area contributed by atoms with E-state index in [4.69, 9.17) is 10.2 Å². The molecule has 3 N–H and O–H groups in total. The van der Waals surface area contributed by atoms with Crippen molar-refractivity contribution in [3.63, 3.8) is 0 Å². The number of carboxylic acids is 1. The fourth-order valence-corrected chi connectivity index (χ4v) is 2.60. The van der Waals surface area contributed by atoms with E-state index in [1.807, 2.05) is 18.2 Å². The lowest BCUT2D eigenvalue weighted by molar-refractivity contribution is -0.143. The molecule has 0 fully saturated rings. The summed E-state index contributed by atoms with van der Waals surface area (Å²) >= 11 is 0. The zero-order chi connectivity index (χ0) is 14.5. The molecule has 5 heteroatoms. The highest BCUT2D eigenvalue weighted by Crippen LogP contribution is 2.25. The lowest BCUT2D eigenvalue weighted by Gasteiger charge is -2.25. The molecule has 0 spiro atoms. The Kier molecular flexibility index (Phi) is 4.74. The SMILES string of the molecule is O=C(N[C@@H](CCO)C(=O)O)C1CCc2ccccc2C1. The molecule has 1 amide bonds. The Balaban J connectivity index is 1.99. The number of amides is 1. The Hall–Kier alpha value is -1.88. The second-order valence-corrected chi connectivity index (χ2v) is 5.12. The topological polar surface area (TPSA) is 86.6 Å². The molecule has 1 aromatic rings. The quantitative estimate of drug-likeness (QED) is 0.741. The largest absolute Gasteiger partial charge is 0.480 e. The molecule has 0 saturated heterocycles. The van der Waals surface area contributed by atoms with Gasteiger partial charge in [-0.2, -0.15) is 0 Å². The first-order valence-electron chi connectivity index (χ1n) is 6.82. The maximum atomic E-state index is 12.1. The molecule has 0 saturated carbocycles. The number of aliphatic hydroxyl groups is 1. The molecule has 0 bridgehead atoms. The number of hydrogen-bond acceptors (Lipinski definition) is 3. The van der Waals surface area contributed by atoms with Crippen LogP contribution in [0.1, 0.15) is 24.0 Å². The predicted molar refractivity (Wildman–Crippen MR) is 73.2 cm³/mol. The van der Waals surface area contributed by atoms with Gasteiger partial charge in [-0.05, 0) is 30.4 Å². The van der Waals surface area contributed by atoms with Crippen molar-refractivity contribution in [3.05, 3.63) is 35.4 Å². The molecule has 1 aliphatic rings.